The summed E-state index contributed by atoms with van der Waals surface area (Å²) in [4.78, 5) is 9.30. The molecule has 0 aliphatic rings. The smallest absolute Gasteiger partial charge is 0.303 e. The van der Waals surface area contributed by atoms with Gasteiger partial charge in [-0.3, -0.25) is 4.79 Å². The predicted molar refractivity (Wildman–Crippen MR) is 72.3 cm³/mol. The van der Waals surface area contributed by atoms with Gasteiger partial charge >= 0.3 is 5.97 Å². The molecular weight excluding hydrogens is 304 g/mol. The zero-order valence-electron chi connectivity index (χ0n) is 11.3. The molecule has 0 aliphatic heterocycles. The molecule has 2 N–H and O–H groups in total. The Labute approximate surface area is 122 Å². The minimum absolute atomic E-state index is 0.0448. The van der Waals surface area contributed by atoms with Gasteiger partial charge in [-0.1, -0.05) is 18.9 Å². The summed E-state index contributed by atoms with van der Waals surface area (Å²) in [7, 11) is -4.22. The van der Waals surface area contributed by atoms with Crippen molar-refractivity contribution in [2.45, 2.75) is 37.0 Å². The number of carbonyl (C=O) groups is 1. The summed E-state index contributed by atoms with van der Waals surface area (Å²) in [5, 5.41) is 8.44. The van der Waals surface area contributed by atoms with Crippen LogP contribution in [0, 0.1) is 11.6 Å². The number of carboxylic acid groups (broad SMARTS) is 1. The molecule has 0 aromatic heterocycles. The van der Waals surface area contributed by atoms with E-state index in [1.807, 2.05) is 0 Å². The van der Waals surface area contributed by atoms with Gasteiger partial charge in [0.15, 0.2) is 4.90 Å². The largest absolute Gasteiger partial charge is 0.481 e. The van der Waals surface area contributed by atoms with E-state index in [0.29, 0.717) is 25.7 Å². The minimum Gasteiger partial charge on any atom is -0.481 e. The average molecular weight is 321 g/mol. The SMILES string of the molecule is O=C(O)CCCCCCNS(=O)(=O)c1c(F)cccc1F. The Morgan fingerprint density at radius 2 is 1.67 bits per heavy atom. The highest BCUT2D eigenvalue weighted by Crippen LogP contribution is 2.17. The van der Waals surface area contributed by atoms with Crippen molar-refractivity contribution in [3.63, 3.8) is 0 Å². The maximum absolute atomic E-state index is 13.4. The first-order valence-electron chi connectivity index (χ1n) is 6.50. The molecule has 1 rings (SSSR count). The molecule has 0 heterocycles. The number of benzene rings is 1. The van der Waals surface area contributed by atoms with Crippen molar-refractivity contribution in [1.82, 2.24) is 4.72 Å². The van der Waals surface area contributed by atoms with E-state index in [9.17, 15) is 22.0 Å². The van der Waals surface area contributed by atoms with E-state index < -0.39 is 32.5 Å². The van der Waals surface area contributed by atoms with Gasteiger partial charge in [-0.2, -0.15) is 0 Å². The van der Waals surface area contributed by atoms with Gasteiger partial charge in [-0.25, -0.2) is 21.9 Å². The molecule has 8 heteroatoms. The second-order valence-corrected chi connectivity index (χ2v) is 6.21. The van der Waals surface area contributed by atoms with Crippen LogP contribution in [-0.2, 0) is 14.8 Å². The number of rotatable bonds is 9. The Balaban J connectivity index is 2.42. The summed E-state index contributed by atoms with van der Waals surface area (Å²) in [5.74, 6) is -3.14. The fourth-order valence-corrected chi connectivity index (χ4v) is 2.98. The lowest BCUT2D eigenvalue weighted by Gasteiger charge is -2.08. The quantitative estimate of drug-likeness (QED) is 0.684. The summed E-state index contributed by atoms with van der Waals surface area (Å²) in [6, 6.07) is 2.85. The van der Waals surface area contributed by atoms with Crippen molar-refractivity contribution in [3.8, 4) is 0 Å². The number of nitrogens with one attached hydrogen (secondary N) is 1. The third-order valence-electron chi connectivity index (χ3n) is 2.80. The summed E-state index contributed by atoms with van der Waals surface area (Å²) < 4.78 is 52.5. The van der Waals surface area contributed by atoms with E-state index in [4.69, 9.17) is 5.11 Å². The van der Waals surface area contributed by atoms with Gasteiger partial charge in [0.2, 0.25) is 10.0 Å². The molecule has 5 nitrogen and oxygen atoms in total. The van der Waals surface area contributed by atoms with Crippen LogP contribution < -0.4 is 4.72 Å². The highest BCUT2D eigenvalue weighted by molar-refractivity contribution is 7.89. The Kier molecular flexibility index (Phi) is 6.70. The molecule has 1 aromatic rings. The van der Waals surface area contributed by atoms with Crippen molar-refractivity contribution in [2.75, 3.05) is 6.54 Å². The van der Waals surface area contributed by atoms with Crippen LogP contribution in [0.1, 0.15) is 32.1 Å². The molecule has 21 heavy (non-hydrogen) atoms. The van der Waals surface area contributed by atoms with Crippen LogP contribution in [0.25, 0.3) is 0 Å². The number of aliphatic carboxylic acids is 1. The first-order chi connectivity index (χ1) is 9.84. The topological polar surface area (TPSA) is 83.5 Å². The monoisotopic (exact) mass is 321 g/mol. The van der Waals surface area contributed by atoms with Crippen molar-refractivity contribution in [3.05, 3.63) is 29.8 Å². The van der Waals surface area contributed by atoms with Gasteiger partial charge < -0.3 is 5.11 Å². The van der Waals surface area contributed by atoms with Crippen LogP contribution in [0.4, 0.5) is 8.78 Å². The van der Waals surface area contributed by atoms with E-state index in [1.165, 1.54) is 0 Å². The molecular formula is C13H17F2NO4S. The van der Waals surface area contributed by atoms with E-state index in [2.05, 4.69) is 4.72 Å². The molecule has 0 bridgehead atoms. The molecule has 0 amide bonds. The van der Waals surface area contributed by atoms with Crippen molar-refractivity contribution in [2.24, 2.45) is 0 Å². The summed E-state index contributed by atoms with van der Waals surface area (Å²) in [6.45, 7) is 0.0448. The number of hydrogen-bond donors (Lipinski definition) is 2. The van der Waals surface area contributed by atoms with Crippen molar-refractivity contribution < 1.29 is 27.1 Å². The lowest BCUT2D eigenvalue weighted by Crippen LogP contribution is -2.26. The number of unbranched alkanes of at least 4 members (excludes halogenated alkanes) is 3. The van der Waals surface area contributed by atoms with E-state index in [1.54, 1.807) is 0 Å². The van der Waals surface area contributed by atoms with Gasteiger partial charge in [0, 0.05) is 13.0 Å². The second-order valence-electron chi connectivity index (χ2n) is 4.51. The molecule has 0 saturated heterocycles. The molecule has 0 saturated carbocycles. The minimum atomic E-state index is -4.22. The van der Waals surface area contributed by atoms with Crippen molar-refractivity contribution in [1.29, 1.82) is 0 Å². The highest BCUT2D eigenvalue weighted by Gasteiger charge is 2.22. The van der Waals surface area contributed by atoms with Crippen LogP contribution in [0.2, 0.25) is 0 Å². The average Bonchev–Trinajstić information content (AvgIpc) is 2.36. The second kappa shape index (κ2) is 8.04. The molecule has 0 spiro atoms. The molecule has 0 fully saturated rings. The van der Waals surface area contributed by atoms with E-state index >= 15 is 0 Å². The number of carboxylic acids is 1. The third kappa shape index (κ3) is 5.76. The van der Waals surface area contributed by atoms with Gasteiger partial charge in [-0.05, 0) is 25.0 Å². The zero-order valence-corrected chi connectivity index (χ0v) is 12.1. The molecule has 0 aliphatic carbocycles. The molecule has 0 atom stereocenters. The standard InChI is InChI=1S/C13H17F2NO4S/c14-10-6-5-7-11(15)13(10)21(19,20)16-9-4-2-1-3-8-12(17)18/h5-7,16H,1-4,8-9H2,(H,17,18). The third-order valence-corrected chi connectivity index (χ3v) is 4.31. The Morgan fingerprint density at radius 3 is 2.24 bits per heavy atom. The van der Waals surface area contributed by atoms with E-state index in [0.717, 1.165) is 18.2 Å². The predicted octanol–water partition coefficient (Wildman–Crippen LogP) is 2.28. The van der Waals surface area contributed by atoms with Crippen LogP contribution in [0.5, 0.6) is 0 Å². The molecule has 0 unspecified atom stereocenters. The Hall–Kier alpha value is -1.54. The van der Waals surface area contributed by atoms with Crippen LogP contribution in [0.15, 0.2) is 23.1 Å². The molecule has 118 valence electrons. The lowest BCUT2D eigenvalue weighted by atomic mass is 10.1. The Morgan fingerprint density at radius 1 is 1.10 bits per heavy atom. The normalized spacial score (nSPS) is 11.5. The fraction of sp³-hybridized carbons (Fsp3) is 0.462. The van der Waals surface area contributed by atoms with Crippen LogP contribution in [0.3, 0.4) is 0 Å². The lowest BCUT2D eigenvalue weighted by molar-refractivity contribution is -0.137. The maximum atomic E-state index is 13.4. The molecule has 1 aromatic carbocycles. The number of hydrogen-bond acceptors (Lipinski definition) is 3. The highest BCUT2D eigenvalue weighted by atomic mass is 32.2. The number of sulfonamides is 1. The van der Waals surface area contributed by atoms with E-state index in [-0.39, 0.29) is 13.0 Å². The van der Waals surface area contributed by atoms with Gasteiger partial charge in [-0.15, -0.1) is 0 Å². The summed E-state index contributed by atoms with van der Waals surface area (Å²) >= 11 is 0. The zero-order chi connectivity index (χ0) is 15.9. The summed E-state index contributed by atoms with van der Waals surface area (Å²) in [6.07, 6.45) is 2.35. The first kappa shape index (κ1) is 17.5. The van der Waals surface area contributed by atoms with Crippen molar-refractivity contribution >= 4 is 16.0 Å². The van der Waals surface area contributed by atoms with Crippen LogP contribution >= 0.6 is 0 Å². The Bertz CT molecular complexity index is 570. The fourth-order valence-electron chi connectivity index (χ4n) is 1.77. The first-order valence-corrected chi connectivity index (χ1v) is 7.98. The van der Waals surface area contributed by atoms with Gasteiger partial charge in [0.25, 0.3) is 0 Å². The van der Waals surface area contributed by atoms with Crippen LogP contribution in [-0.4, -0.2) is 26.0 Å². The summed E-state index contributed by atoms with van der Waals surface area (Å²) in [5.41, 5.74) is 0. The molecule has 0 radical (unpaired) electrons. The maximum Gasteiger partial charge on any atom is 0.303 e. The van der Waals surface area contributed by atoms with Gasteiger partial charge in [0.05, 0.1) is 0 Å². The van der Waals surface area contributed by atoms with Gasteiger partial charge in [0.1, 0.15) is 11.6 Å². The number of halogens is 2.